The third kappa shape index (κ3) is 4.83. The summed E-state index contributed by atoms with van der Waals surface area (Å²) in [5.74, 6) is 0.663. The molecule has 1 N–H and O–H groups in total. The molecule has 0 atom stereocenters. The van der Waals surface area contributed by atoms with Gasteiger partial charge in [-0.2, -0.15) is 0 Å². The van der Waals surface area contributed by atoms with E-state index >= 15 is 0 Å². The fourth-order valence-corrected chi connectivity index (χ4v) is 2.31. The fourth-order valence-electron chi connectivity index (χ4n) is 1.92. The van der Waals surface area contributed by atoms with Crippen molar-refractivity contribution in [3.63, 3.8) is 0 Å². The summed E-state index contributed by atoms with van der Waals surface area (Å²) in [4.78, 5) is 4.52. The molecule has 21 heavy (non-hydrogen) atoms. The normalized spacial score (nSPS) is 10.9. The number of aryl methyl sites for hydroxylation is 1. The van der Waals surface area contributed by atoms with Crippen molar-refractivity contribution in [2.45, 2.75) is 40.0 Å². The van der Waals surface area contributed by atoms with Crippen LogP contribution in [0.25, 0.3) is 0 Å². The van der Waals surface area contributed by atoms with Crippen LogP contribution in [0.5, 0.6) is 5.88 Å². The summed E-state index contributed by atoms with van der Waals surface area (Å²) in [6.45, 7) is 7.64. The van der Waals surface area contributed by atoms with Crippen molar-refractivity contribution >= 4 is 15.9 Å². The summed E-state index contributed by atoms with van der Waals surface area (Å²) in [5.41, 5.74) is 3.33. The smallest absolute Gasteiger partial charge is 0.213 e. The van der Waals surface area contributed by atoms with Crippen molar-refractivity contribution in [3.8, 4) is 5.88 Å². The fraction of sp³-hybridized carbons (Fsp3) is 0.353. The second-order valence-electron chi connectivity index (χ2n) is 5.31. The highest BCUT2D eigenvalue weighted by Gasteiger charge is 2.05. The van der Waals surface area contributed by atoms with Crippen LogP contribution in [0.15, 0.2) is 40.9 Å². The number of pyridine rings is 1. The molecule has 1 aromatic carbocycles. The van der Waals surface area contributed by atoms with E-state index < -0.39 is 0 Å². The van der Waals surface area contributed by atoms with E-state index in [9.17, 15) is 0 Å². The molecular formula is C17H21BrN2O. The van der Waals surface area contributed by atoms with E-state index in [0.29, 0.717) is 18.5 Å². The monoisotopic (exact) mass is 348 g/mol. The summed E-state index contributed by atoms with van der Waals surface area (Å²) in [6.07, 6.45) is 0. The average Bonchev–Trinajstić information content (AvgIpc) is 2.45. The van der Waals surface area contributed by atoms with Crippen LogP contribution in [0, 0.1) is 6.92 Å². The summed E-state index contributed by atoms with van der Waals surface area (Å²) >= 11 is 3.52. The Hall–Kier alpha value is -1.39. The number of aromatic nitrogens is 1. The molecule has 0 saturated carbocycles. The lowest BCUT2D eigenvalue weighted by Gasteiger charge is -2.12. The molecular weight excluding hydrogens is 328 g/mol. The van der Waals surface area contributed by atoms with E-state index in [1.807, 2.05) is 37.3 Å². The summed E-state index contributed by atoms with van der Waals surface area (Å²) < 4.78 is 6.83. The molecule has 0 unspecified atom stereocenters. The molecule has 0 radical (unpaired) electrons. The molecule has 112 valence electrons. The maximum absolute atomic E-state index is 5.77. The van der Waals surface area contributed by atoms with Gasteiger partial charge in [-0.25, -0.2) is 4.98 Å². The lowest BCUT2D eigenvalue weighted by atomic mass is 10.2. The van der Waals surface area contributed by atoms with Crippen LogP contribution in [0.2, 0.25) is 0 Å². The molecule has 4 heteroatoms. The zero-order chi connectivity index (χ0) is 15.2. The zero-order valence-corrected chi connectivity index (χ0v) is 14.3. The number of benzene rings is 1. The first-order valence-electron chi connectivity index (χ1n) is 7.12. The quantitative estimate of drug-likeness (QED) is 0.848. The minimum Gasteiger partial charge on any atom is -0.473 e. The van der Waals surface area contributed by atoms with Crippen LogP contribution in [0.4, 0.5) is 0 Å². The second kappa shape index (κ2) is 7.57. The van der Waals surface area contributed by atoms with Crippen molar-refractivity contribution in [2.75, 3.05) is 0 Å². The van der Waals surface area contributed by atoms with Gasteiger partial charge in [0.15, 0.2) is 0 Å². The van der Waals surface area contributed by atoms with Crippen LogP contribution >= 0.6 is 15.9 Å². The SMILES string of the molecule is Cc1nc(OCc2ccccc2Br)ccc1CNC(C)C. The number of rotatable bonds is 6. The molecule has 0 fully saturated rings. The maximum Gasteiger partial charge on any atom is 0.213 e. The van der Waals surface area contributed by atoms with Crippen LogP contribution in [-0.4, -0.2) is 11.0 Å². The first kappa shape index (κ1) is 16.0. The van der Waals surface area contributed by atoms with Crippen LogP contribution in [-0.2, 0) is 13.2 Å². The van der Waals surface area contributed by atoms with Crippen molar-refractivity contribution in [2.24, 2.45) is 0 Å². The van der Waals surface area contributed by atoms with Crippen molar-refractivity contribution < 1.29 is 4.74 Å². The van der Waals surface area contributed by atoms with Gasteiger partial charge in [0.2, 0.25) is 5.88 Å². The molecule has 0 bridgehead atoms. The first-order chi connectivity index (χ1) is 10.1. The molecule has 0 spiro atoms. The Kier molecular flexibility index (Phi) is 5.76. The number of ether oxygens (including phenoxy) is 1. The van der Waals surface area contributed by atoms with E-state index in [1.54, 1.807) is 0 Å². The Labute approximate surface area is 134 Å². The van der Waals surface area contributed by atoms with E-state index in [1.165, 1.54) is 5.56 Å². The van der Waals surface area contributed by atoms with Gasteiger partial charge in [0.1, 0.15) is 6.61 Å². The standard InChI is InChI=1S/C17H21BrN2O/c1-12(2)19-10-14-8-9-17(20-13(14)3)21-11-15-6-4-5-7-16(15)18/h4-9,12,19H,10-11H2,1-3H3. The molecule has 3 nitrogen and oxygen atoms in total. The zero-order valence-electron chi connectivity index (χ0n) is 12.7. The largest absolute Gasteiger partial charge is 0.473 e. The highest BCUT2D eigenvalue weighted by atomic mass is 79.9. The van der Waals surface area contributed by atoms with Gasteiger partial charge in [-0.1, -0.05) is 54.0 Å². The van der Waals surface area contributed by atoms with Gasteiger partial charge in [0.25, 0.3) is 0 Å². The Bertz CT molecular complexity index is 599. The van der Waals surface area contributed by atoms with Crippen LogP contribution < -0.4 is 10.1 Å². The van der Waals surface area contributed by atoms with Crippen LogP contribution in [0.1, 0.15) is 30.7 Å². The molecule has 2 aromatic rings. The predicted octanol–water partition coefficient (Wildman–Crippen LogP) is 4.23. The highest BCUT2D eigenvalue weighted by molar-refractivity contribution is 9.10. The topological polar surface area (TPSA) is 34.1 Å². The van der Waals surface area contributed by atoms with E-state index in [-0.39, 0.29) is 0 Å². The molecule has 1 heterocycles. The highest BCUT2D eigenvalue weighted by Crippen LogP contribution is 2.19. The van der Waals surface area contributed by atoms with Crippen LogP contribution in [0.3, 0.4) is 0 Å². The third-order valence-electron chi connectivity index (χ3n) is 3.20. The van der Waals surface area contributed by atoms with E-state index in [2.05, 4.69) is 46.1 Å². The minimum absolute atomic E-state index is 0.468. The summed E-state index contributed by atoms with van der Waals surface area (Å²) in [6, 6.07) is 12.5. The van der Waals surface area contributed by atoms with Gasteiger partial charge >= 0.3 is 0 Å². The number of nitrogens with zero attached hydrogens (tertiary/aromatic N) is 1. The average molecular weight is 349 g/mol. The van der Waals surface area contributed by atoms with Crippen molar-refractivity contribution in [1.82, 2.24) is 10.3 Å². The summed E-state index contributed by atoms with van der Waals surface area (Å²) in [5, 5.41) is 3.40. The summed E-state index contributed by atoms with van der Waals surface area (Å²) in [7, 11) is 0. The number of hydrogen-bond acceptors (Lipinski definition) is 3. The molecule has 0 saturated heterocycles. The van der Waals surface area contributed by atoms with Crippen molar-refractivity contribution in [1.29, 1.82) is 0 Å². The van der Waals surface area contributed by atoms with Gasteiger partial charge in [0.05, 0.1) is 0 Å². The van der Waals surface area contributed by atoms with E-state index in [4.69, 9.17) is 4.74 Å². The van der Waals surface area contributed by atoms with Gasteiger partial charge in [-0.3, -0.25) is 0 Å². The Morgan fingerprint density at radius 3 is 2.57 bits per heavy atom. The Morgan fingerprint density at radius 1 is 1.14 bits per heavy atom. The minimum atomic E-state index is 0.468. The third-order valence-corrected chi connectivity index (χ3v) is 3.98. The van der Waals surface area contributed by atoms with Gasteiger partial charge in [-0.15, -0.1) is 0 Å². The lowest BCUT2D eigenvalue weighted by molar-refractivity contribution is 0.292. The van der Waals surface area contributed by atoms with Gasteiger partial charge in [0, 0.05) is 34.4 Å². The number of halogens is 1. The molecule has 0 amide bonds. The maximum atomic E-state index is 5.77. The molecule has 1 aromatic heterocycles. The number of hydrogen-bond donors (Lipinski definition) is 1. The molecule has 2 rings (SSSR count). The molecule has 0 aliphatic heterocycles. The Morgan fingerprint density at radius 2 is 1.90 bits per heavy atom. The number of nitrogens with one attached hydrogen (secondary N) is 1. The van der Waals surface area contributed by atoms with E-state index in [0.717, 1.165) is 22.3 Å². The lowest BCUT2D eigenvalue weighted by Crippen LogP contribution is -2.22. The van der Waals surface area contributed by atoms with Crippen molar-refractivity contribution in [3.05, 3.63) is 57.7 Å². The second-order valence-corrected chi connectivity index (χ2v) is 6.16. The Balaban J connectivity index is 1.99. The molecule has 0 aliphatic rings. The van der Waals surface area contributed by atoms with Gasteiger partial charge < -0.3 is 10.1 Å². The van der Waals surface area contributed by atoms with Gasteiger partial charge in [-0.05, 0) is 18.6 Å². The predicted molar refractivity (Wildman–Crippen MR) is 89.4 cm³/mol. The molecule has 0 aliphatic carbocycles. The first-order valence-corrected chi connectivity index (χ1v) is 7.91.